The number of aryl methyl sites for hydroxylation is 1. The van der Waals surface area contributed by atoms with Gasteiger partial charge in [0.25, 0.3) is 0 Å². The summed E-state index contributed by atoms with van der Waals surface area (Å²) in [6.07, 6.45) is -4.64. The second-order valence-electron chi connectivity index (χ2n) is 4.14. The van der Waals surface area contributed by atoms with Gasteiger partial charge in [0.1, 0.15) is 17.5 Å². The molecule has 0 aliphatic rings. The van der Waals surface area contributed by atoms with Crippen molar-refractivity contribution in [3.8, 4) is 6.07 Å². The van der Waals surface area contributed by atoms with Crippen LogP contribution in [-0.4, -0.2) is 9.78 Å². The highest BCUT2D eigenvalue weighted by molar-refractivity contribution is 5.56. The van der Waals surface area contributed by atoms with Crippen LogP contribution in [0, 0.1) is 11.3 Å². The first kappa shape index (κ1) is 13.9. The highest BCUT2D eigenvalue weighted by atomic mass is 19.4. The Kier molecular flexibility index (Phi) is 3.66. The number of halogens is 3. The summed E-state index contributed by atoms with van der Waals surface area (Å²) in [5, 5.41) is 15.1. The minimum absolute atomic E-state index is 0.0590. The Hall–Kier alpha value is -2.49. The molecule has 1 aromatic carbocycles. The molecule has 0 saturated carbocycles. The van der Waals surface area contributed by atoms with Gasteiger partial charge >= 0.3 is 6.18 Å². The molecule has 0 bridgehead atoms. The molecule has 0 atom stereocenters. The zero-order valence-electron chi connectivity index (χ0n) is 10.6. The highest BCUT2D eigenvalue weighted by Gasteiger charge is 2.39. The van der Waals surface area contributed by atoms with Gasteiger partial charge in [0.05, 0.1) is 0 Å². The molecule has 104 valence electrons. The number of nitrogens with zero attached hydrogens (tertiary/aromatic N) is 3. The van der Waals surface area contributed by atoms with Crippen molar-refractivity contribution in [3.05, 3.63) is 47.2 Å². The van der Waals surface area contributed by atoms with E-state index in [-0.39, 0.29) is 5.82 Å². The molecule has 1 aromatic heterocycles. The molecule has 7 heteroatoms. The first-order valence-corrected chi connectivity index (χ1v) is 5.75. The van der Waals surface area contributed by atoms with E-state index in [2.05, 4.69) is 10.4 Å². The van der Waals surface area contributed by atoms with Crippen LogP contribution in [-0.2, 0) is 19.8 Å². The van der Waals surface area contributed by atoms with Crippen LogP contribution in [0.2, 0.25) is 0 Å². The van der Waals surface area contributed by atoms with E-state index in [1.165, 1.54) is 7.05 Å². The average molecular weight is 280 g/mol. The van der Waals surface area contributed by atoms with Gasteiger partial charge in [0.2, 0.25) is 0 Å². The molecule has 0 saturated heterocycles. The number of nitriles is 1. The van der Waals surface area contributed by atoms with E-state index >= 15 is 0 Å². The van der Waals surface area contributed by atoms with Crippen LogP contribution in [0.5, 0.6) is 0 Å². The molecule has 0 aliphatic carbocycles. The third kappa shape index (κ3) is 2.74. The minimum atomic E-state index is -4.64. The highest BCUT2D eigenvalue weighted by Crippen LogP contribution is 2.33. The number of rotatable bonds is 3. The van der Waals surface area contributed by atoms with Crippen LogP contribution in [0.4, 0.5) is 19.0 Å². The second kappa shape index (κ2) is 5.25. The van der Waals surface area contributed by atoms with E-state index < -0.39 is 17.4 Å². The third-order valence-corrected chi connectivity index (χ3v) is 2.73. The van der Waals surface area contributed by atoms with Crippen molar-refractivity contribution in [2.75, 3.05) is 5.32 Å². The van der Waals surface area contributed by atoms with E-state index in [1.54, 1.807) is 6.07 Å². The van der Waals surface area contributed by atoms with Crippen molar-refractivity contribution in [1.29, 1.82) is 5.26 Å². The summed E-state index contributed by atoms with van der Waals surface area (Å²) >= 11 is 0. The fourth-order valence-corrected chi connectivity index (χ4v) is 1.81. The van der Waals surface area contributed by atoms with Crippen LogP contribution in [0.3, 0.4) is 0 Å². The Balaban J connectivity index is 2.29. The molecule has 4 nitrogen and oxygen atoms in total. The van der Waals surface area contributed by atoms with Crippen LogP contribution in [0.15, 0.2) is 30.3 Å². The van der Waals surface area contributed by atoms with Gasteiger partial charge in [0.15, 0.2) is 5.69 Å². The molecule has 2 aromatic rings. The maximum Gasteiger partial charge on any atom is 0.436 e. The molecule has 0 unspecified atom stereocenters. The summed E-state index contributed by atoms with van der Waals surface area (Å²) < 4.78 is 39.2. The Morgan fingerprint density at radius 3 is 2.50 bits per heavy atom. The Labute approximate surface area is 113 Å². The van der Waals surface area contributed by atoms with Gasteiger partial charge in [-0.15, -0.1) is 0 Å². The molecule has 1 N–H and O–H groups in total. The lowest BCUT2D eigenvalue weighted by molar-refractivity contribution is -0.141. The van der Waals surface area contributed by atoms with Gasteiger partial charge in [-0.25, -0.2) is 0 Å². The first-order valence-electron chi connectivity index (χ1n) is 5.75. The Morgan fingerprint density at radius 2 is 1.95 bits per heavy atom. The number of nitrogens with one attached hydrogen (secondary N) is 1. The van der Waals surface area contributed by atoms with Crippen LogP contribution < -0.4 is 5.32 Å². The topological polar surface area (TPSA) is 53.6 Å². The lowest BCUT2D eigenvalue weighted by Crippen LogP contribution is -2.08. The SMILES string of the molecule is Cn1nc(C(F)(F)F)c(C#N)c1NCc1ccccc1. The maximum absolute atomic E-state index is 12.7. The van der Waals surface area contributed by atoms with E-state index in [9.17, 15) is 13.2 Å². The Morgan fingerprint density at radius 1 is 1.30 bits per heavy atom. The van der Waals surface area contributed by atoms with Gasteiger partial charge < -0.3 is 5.32 Å². The second-order valence-corrected chi connectivity index (χ2v) is 4.14. The van der Waals surface area contributed by atoms with Gasteiger partial charge in [-0.1, -0.05) is 30.3 Å². The number of hydrogen-bond donors (Lipinski definition) is 1. The lowest BCUT2D eigenvalue weighted by atomic mass is 10.2. The number of alkyl halides is 3. The number of aromatic nitrogens is 2. The maximum atomic E-state index is 12.7. The van der Waals surface area contributed by atoms with Crippen LogP contribution >= 0.6 is 0 Å². The van der Waals surface area contributed by atoms with E-state index in [0.29, 0.717) is 6.54 Å². The fourth-order valence-electron chi connectivity index (χ4n) is 1.81. The van der Waals surface area contributed by atoms with Gasteiger partial charge in [0, 0.05) is 13.6 Å². The van der Waals surface area contributed by atoms with Crippen molar-refractivity contribution >= 4 is 5.82 Å². The van der Waals surface area contributed by atoms with Gasteiger partial charge in [-0.2, -0.15) is 23.5 Å². The van der Waals surface area contributed by atoms with E-state index in [1.807, 2.05) is 30.3 Å². The predicted molar refractivity (Wildman–Crippen MR) is 66.7 cm³/mol. The summed E-state index contributed by atoms with van der Waals surface area (Å²) in [6, 6.07) is 10.7. The van der Waals surface area contributed by atoms with Crippen molar-refractivity contribution in [1.82, 2.24) is 9.78 Å². The molecule has 1 heterocycles. The standard InChI is InChI=1S/C13H11F3N4/c1-20-12(18-8-9-5-3-2-4-6-9)10(7-17)11(19-20)13(14,15)16/h2-6,18H,8H2,1H3. The molecule has 0 amide bonds. The molecule has 2 rings (SSSR count). The monoisotopic (exact) mass is 280 g/mol. The molecule has 0 radical (unpaired) electrons. The Bertz CT molecular complexity index is 638. The summed E-state index contributed by atoms with van der Waals surface area (Å²) in [5.74, 6) is 0.0590. The van der Waals surface area contributed by atoms with E-state index in [0.717, 1.165) is 10.2 Å². The lowest BCUT2D eigenvalue weighted by Gasteiger charge is -2.07. The molecule has 20 heavy (non-hydrogen) atoms. The number of benzene rings is 1. The van der Waals surface area contributed by atoms with Crippen LogP contribution in [0.25, 0.3) is 0 Å². The normalized spacial score (nSPS) is 11.2. The summed E-state index contributed by atoms with van der Waals surface area (Å²) in [4.78, 5) is 0. The average Bonchev–Trinajstić information content (AvgIpc) is 2.74. The molecular weight excluding hydrogens is 269 g/mol. The quantitative estimate of drug-likeness (QED) is 0.940. The van der Waals surface area contributed by atoms with Crippen molar-refractivity contribution < 1.29 is 13.2 Å². The van der Waals surface area contributed by atoms with Crippen molar-refractivity contribution in [2.45, 2.75) is 12.7 Å². The largest absolute Gasteiger partial charge is 0.436 e. The fraction of sp³-hybridized carbons (Fsp3) is 0.231. The smallest absolute Gasteiger partial charge is 0.365 e. The summed E-state index contributed by atoms with van der Waals surface area (Å²) in [5.41, 5.74) is -0.764. The third-order valence-electron chi connectivity index (χ3n) is 2.73. The summed E-state index contributed by atoms with van der Waals surface area (Å²) in [6.45, 7) is 0.312. The molecule has 0 fully saturated rings. The number of anilines is 1. The minimum Gasteiger partial charge on any atom is -0.365 e. The van der Waals surface area contributed by atoms with Gasteiger partial charge in [-0.3, -0.25) is 4.68 Å². The predicted octanol–water partition coefficient (Wildman–Crippen LogP) is 2.92. The molecular formula is C13H11F3N4. The van der Waals surface area contributed by atoms with Crippen molar-refractivity contribution in [3.63, 3.8) is 0 Å². The van der Waals surface area contributed by atoms with E-state index in [4.69, 9.17) is 5.26 Å². The number of hydrogen-bond acceptors (Lipinski definition) is 3. The summed E-state index contributed by atoms with van der Waals surface area (Å²) in [7, 11) is 1.36. The molecule has 0 spiro atoms. The first-order chi connectivity index (χ1) is 9.43. The van der Waals surface area contributed by atoms with Gasteiger partial charge in [-0.05, 0) is 5.56 Å². The van der Waals surface area contributed by atoms with Crippen LogP contribution in [0.1, 0.15) is 16.8 Å². The zero-order chi connectivity index (χ0) is 14.8. The van der Waals surface area contributed by atoms with Crippen molar-refractivity contribution in [2.24, 2.45) is 7.05 Å². The zero-order valence-corrected chi connectivity index (χ0v) is 10.6. The molecule has 0 aliphatic heterocycles.